The van der Waals surface area contributed by atoms with Crippen molar-refractivity contribution in [1.29, 1.82) is 0 Å². The minimum atomic E-state index is -1.10. The van der Waals surface area contributed by atoms with Gasteiger partial charge in [-0.1, -0.05) is 12.1 Å². The van der Waals surface area contributed by atoms with Gasteiger partial charge in [0.2, 0.25) is 5.91 Å². The minimum Gasteiger partial charge on any atom is -0.478 e. The average Bonchev–Trinajstić information content (AvgIpc) is 2.46. The first-order chi connectivity index (χ1) is 9.97. The van der Waals surface area contributed by atoms with Gasteiger partial charge in [0.05, 0.1) is 5.56 Å². The molecule has 0 atom stereocenters. The van der Waals surface area contributed by atoms with Crippen LogP contribution in [0.2, 0.25) is 0 Å². The lowest BCUT2D eigenvalue weighted by atomic mass is 10.1. The first-order valence-electron chi connectivity index (χ1n) is 6.02. The fourth-order valence-corrected chi connectivity index (χ4v) is 2.64. The van der Waals surface area contributed by atoms with Crippen LogP contribution in [0.4, 0.5) is 4.39 Å². The number of hydrogen-bond donors (Lipinski definition) is 2. The third kappa shape index (κ3) is 3.82. The molecule has 0 unspecified atom stereocenters. The lowest BCUT2D eigenvalue weighted by molar-refractivity contribution is 0.0696. The van der Waals surface area contributed by atoms with Crippen molar-refractivity contribution in [2.24, 2.45) is 5.73 Å². The smallest absolute Gasteiger partial charge is 0.335 e. The molecular weight excluding hydrogens is 293 g/mol. The standard InChI is InChI=1S/C15H12FNO3S/c16-12-5-4-11(15(19)20)7-13(12)21-8-9-2-1-3-10(6-9)14(17)18/h1-7H,8H2,(H2,17,18)(H,19,20). The summed E-state index contributed by atoms with van der Waals surface area (Å²) in [6.07, 6.45) is 0. The van der Waals surface area contributed by atoms with Gasteiger partial charge in [0, 0.05) is 16.2 Å². The van der Waals surface area contributed by atoms with Gasteiger partial charge in [0.15, 0.2) is 0 Å². The number of benzene rings is 2. The first kappa shape index (κ1) is 15.1. The maximum atomic E-state index is 13.7. The van der Waals surface area contributed by atoms with Crippen LogP contribution in [0.1, 0.15) is 26.3 Å². The minimum absolute atomic E-state index is 0.0322. The highest BCUT2D eigenvalue weighted by Crippen LogP contribution is 2.27. The molecule has 0 bridgehead atoms. The normalized spacial score (nSPS) is 10.3. The van der Waals surface area contributed by atoms with Crippen molar-refractivity contribution in [3.8, 4) is 0 Å². The second kappa shape index (κ2) is 6.41. The Bertz CT molecular complexity index is 703. The Morgan fingerprint density at radius 2 is 1.90 bits per heavy atom. The molecule has 0 heterocycles. The number of carbonyl (C=O) groups is 2. The molecular formula is C15H12FNO3S. The lowest BCUT2D eigenvalue weighted by Crippen LogP contribution is -2.10. The lowest BCUT2D eigenvalue weighted by Gasteiger charge is -2.06. The molecule has 0 saturated heterocycles. The first-order valence-corrected chi connectivity index (χ1v) is 7.00. The van der Waals surface area contributed by atoms with Gasteiger partial charge in [-0.15, -0.1) is 11.8 Å². The van der Waals surface area contributed by atoms with E-state index >= 15 is 0 Å². The number of thioether (sulfide) groups is 1. The van der Waals surface area contributed by atoms with Crippen molar-refractivity contribution in [3.63, 3.8) is 0 Å². The second-order valence-electron chi connectivity index (χ2n) is 4.30. The molecule has 2 aromatic rings. The Hall–Kier alpha value is -2.34. The summed E-state index contributed by atoms with van der Waals surface area (Å²) in [5, 5.41) is 8.90. The van der Waals surface area contributed by atoms with Crippen molar-refractivity contribution in [2.45, 2.75) is 10.6 Å². The van der Waals surface area contributed by atoms with Crippen molar-refractivity contribution >= 4 is 23.6 Å². The molecule has 2 rings (SSSR count). The summed E-state index contributed by atoms with van der Waals surface area (Å²) in [6.45, 7) is 0. The number of rotatable bonds is 5. The molecule has 3 N–H and O–H groups in total. The zero-order valence-corrected chi connectivity index (χ0v) is 11.7. The van der Waals surface area contributed by atoms with Crippen LogP contribution in [0.3, 0.4) is 0 Å². The van der Waals surface area contributed by atoms with Gasteiger partial charge >= 0.3 is 5.97 Å². The molecule has 0 saturated carbocycles. The number of primary amides is 1. The van der Waals surface area contributed by atoms with Crippen LogP contribution in [-0.2, 0) is 5.75 Å². The van der Waals surface area contributed by atoms with E-state index in [1.807, 2.05) is 0 Å². The molecule has 4 nitrogen and oxygen atoms in total. The molecule has 108 valence electrons. The molecule has 6 heteroatoms. The fourth-order valence-electron chi connectivity index (χ4n) is 1.72. The van der Waals surface area contributed by atoms with Crippen molar-refractivity contribution in [2.75, 3.05) is 0 Å². The molecule has 0 spiro atoms. The molecule has 2 aromatic carbocycles. The summed E-state index contributed by atoms with van der Waals surface area (Å²) in [6, 6.07) is 10.4. The number of halogens is 1. The fraction of sp³-hybridized carbons (Fsp3) is 0.0667. The summed E-state index contributed by atoms with van der Waals surface area (Å²) in [5.41, 5.74) is 6.41. The Morgan fingerprint density at radius 3 is 2.57 bits per heavy atom. The highest BCUT2D eigenvalue weighted by molar-refractivity contribution is 7.98. The molecule has 0 aliphatic heterocycles. The maximum absolute atomic E-state index is 13.7. The molecule has 21 heavy (non-hydrogen) atoms. The van der Waals surface area contributed by atoms with Crippen LogP contribution in [0.25, 0.3) is 0 Å². The molecule has 0 radical (unpaired) electrons. The van der Waals surface area contributed by atoms with Gasteiger partial charge in [0.1, 0.15) is 5.82 Å². The summed E-state index contributed by atoms with van der Waals surface area (Å²) >= 11 is 1.16. The van der Waals surface area contributed by atoms with Crippen molar-refractivity contribution < 1.29 is 19.1 Å². The van der Waals surface area contributed by atoms with Crippen LogP contribution >= 0.6 is 11.8 Å². The topological polar surface area (TPSA) is 80.4 Å². The maximum Gasteiger partial charge on any atom is 0.335 e. The van der Waals surface area contributed by atoms with E-state index in [2.05, 4.69) is 0 Å². The number of carbonyl (C=O) groups excluding carboxylic acids is 1. The predicted octanol–water partition coefficient (Wildman–Crippen LogP) is 2.92. The van der Waals surface area contributed by atoms with Crippen LogP contribution in [-0.4, -0.2) is 17.0 Å². The highest BCUT2D eigenvalue weighted by atomic mass is 32.2. The van der Waals surface area contributed by atoms with E-state index in [1.54, 1.807) is 24.3 Å². The molecule has 1 amide bonds. The summed E-state index contributed by atoms with van der Waals surface area (Å²) in [7, 11) is 0. The molecule has 0 aromatic heterocycles. The third-order valence-corrected chi connectivity index (χ3v) is 3.89. The zero-order valence-electron chi connectivity index (χ0n) is 10.9. The Kier molecular flexibility index (Phi) is 4.59. The van der Waals surface area contributed by atoms with Gasteiger partial charge in [-0.2, -0.15) is 0 Å². The predicted molar refractivity (Wildman–Crippen MR) is 77.9 cm³/mol. The SMILES string of the molecule is NC(=O)c1cccc(CSc2cc(C(=O)O)ccc2F)c1. The van der Waals surface area contributed by atoms with E-state index in [0.717, 1.165) is 23.4 Å². The summed E-state index contributed by atoms with van der Waals surface area (Å²) in [5.74, 6) is -1.70. The van der Waals surface area contributed by atoms with E-state index in [4.69, 9.17) is 10.8 Å². The van der Waals surface area contributed by atoms with E-state index in [9.17, 15) is 14.0 Å². The quantitative estimate of drug-likeness (QED) is 0.832. The van der Waals surface area contributed by atoms with Crippen molar-refractivity contribution in [1.82, 2.24) is 0 Å². The van der Waals surface area contributed by atoms with E-state index in [1.165, 1.54) is 12.1 Å². The summed E-state index contributed by atoms with van der Waals surface area (Å²) < 4.78 is 13.7. The van der Waals surface area contributed by atoms with Crippen LogP contribution in [0, 0.1) is 5.82 Å². The van der Waals surface area contributed by atoms with Crippen LogP contribution in [0.15, 0.2) is 47.4 Å². The van der Waals surface area contributed by atoms with Crippen molar-refractivity contribution in [3.05, 3.63) is 65.0 Å². The number of nitrogens with two attached hydrogens (primary N) is 1. The zero-order chi connectivity index (χ0) is 15.4. The van der Waals surface area contributed by atoms with E-state index < -0.39 is 17.7 Å². The number of aromatic carboxylic acids is 1. The number of carboxylic acid groups (broad SMARTS) is 1. The number of hydrogen-bond acceptors (Lipinski definition) is 3. The van der Waals surface area contributed by atoms with Gasteiger partial charge in [-0.3, -0.25) is 4.79 Å². The monoisotopic (exact) mass is 305 g/mol. The molecule has 0 aliphatic rings. The Labute approximate surface area is 124 Å². The van der Waals surface area contributed by atoms with Gasteiger partial charge in [-0.25, -0.2) is 9.18 Å². The second-order valence-corrected chi connectivity index (χ2v) is 5.32. The Balaban J connectivity index is 2.16. The number of carboxylic acids is 1. The third-order valence-electron chi connectivity index (χ3n) is 2.78. The largest absolute Gasteiger partial charge is 0.478 e. The Morgan fingerprint density at radius 1 is 1.14 bits per heavy atom. The summed E-state index contributed by atoms with van der Waals surface area (Å²) in [4.78, 5) is 22.2. The van der Waals surface area contributed by atoms with Gasteiger partial charge in [0.25, 0.3) is 0 Å². The molecule has 0 fully saturated rings. The van der Waals surface area contributed by atoms with E-state index in [0.29, 0.717) is 11.3 Å². The van der Waals surface area contributed by atoms with Crippen LogP contribution < -0.4 is 5.73 Å². The van der Waals surface area contributed by atoms with E-state index in [-0.39, 0.29) is 10.5 Å². The molecule has 0 aliphatic carbocycles. The highest BCUT2D eigenvalue weighted by Gasteiger charge is 2.09. The average molecular weight is 305 g/mol. The number of amides is 1. The van der Waals surface area contributed by atoms with Gasteiger partial charge < -0.3 is 10.8 Å². The van der Waals surface area contributed by atoms with Gasteiger partial charge in [-0.05, 0) is 35.9 Å². The van der Waals surface area contributed by atoms with Crippen LogP contribution in [0.5, 0.6) is 0 Å².